The van der Waals surface area contributed by atoms with Crippen LogP contribution in [0.3, 0.4) is 0 Å². The smallest absolute Gasteiger partial charge is 0.165 e. The molecule has 0 aromatic heterocycles. The van der Waals surface area contributed by atoms with Gasteiger partial charge in [0.25, 0.3) is 0 Å². The first-order valence-corrected chi connectivity index (χ1v) is 4.49. The quantitative estimate of drug-likeness (QED) is 0.626. The Kier molecular flexibility index (Phi) is 1.88. The lowest BCUT2D eigenvalue weighted by molar-refractivity contribution is 0.0990. The van der Waals surface area contributed by atoms with Gasteiger partial charge in [0, 0.05) is 12.0 Å². The molecular formula is C10H8ClFO. The topological polar surface area (TPSA) is 17.1 Å². The molecule has 0 bridgehead atoms. The van der Waals surface area contributed by atoms with E-state index >= 15 is 0 Å². The highest BCUT2D eigenvalue weighted by molar-refractivity contribution is 6.34. The van der Waals surface area contributed by atoms with E-state index in [-0.39, 0.29) is 22.5 Å². The summed E-state index contributed by atoms with van der Waals surface area (Å²) in [5.74, 6) is -0.256. The van der Waals surface area contributed by atoms with Gasteiger partial charge in [-0.05, 0) is 23.6 Å². The molecule has 0 spiro atoms. The molecule has 0 N–H and O–H groups in total. The second kappa shape index (κ2) is 2.81. The summed E-state index contributed by atoms with van der Waals surface area (Å²) in [4.78, 5) is 11.4. The summed E-state index contributed by atoms with van der Waals surface area (Å²) in [6.07, 6.45) is 0.443. The highest BCUT2D eigenvalue weighted by atomic mass is 35.5. The third-order valence-corrected chi connectivity index (χ3v) is 2.68. The lowest BCUT2D eigenvalue weighted by atomic mass is 10.0. The van der Waals surface area contributed by atoms with Gasteiger partial charge in [-0.2, -0.15) is 0 Å². The third-order valence-electron chi connectivity index (χ3n) is 2.39. The fourth-order valence-corrected chi connectivity index (χ4v) is 2.09. The molecule has 0 saturated heterocycles. The zero-order valence-electron chi connectivity index (χ0n) is 7.10. The van der Waals surface area contributed by atoms with Crippen LogP contribution in [-0.2, 0) is 0 Å². The summed E-state index contributed by atoms with van der Waals surface area (Å²) >= 11 is 5.77. The Bertz CT molecular complexity index is 387. The second-order valence-electron chi connectivity index (χ2n) is 3.38. The van der Waals surface area contributed by atoms with E-state index in [0.717, 1.165) is 5.56 Å². The summed E-state index contributed by atoms with van der Waals surface area (Å²) in [7, 11) is 0. The average molecular weight is 199 g/mol. The van der Waals surface area contributed by atoms with E-state index in [2.05, 4.69) is 0 Å². The van der Waals surface area contributed by atoms with Gasteiger partial charge in [0.15, 0.2) is 5.78 Å². The predicted octanol–water partition coefficient (Wildman–Crippen LogP) is 3.17. The maximum absolute atomic E-state index is 12.9. The van der Waals surface area contributed by atoms with Crippen molar-refractivity contribution < 1.29 is 9.18 Å². The van der Waals surface area contributed by atoms with Crippen molar-refractivity contribution in [3.63, 3.8) is 0 Å². The van der Waals surface area contributed by atoms with Crippen LogP contribution in [0.25, 0.3) is 0 Å². The normalized spacial score (nSPS) is 20.5. The van der Waals surface area contributed by atoms with Crippen LogP contribution in [0.15, 0.2) is 12.1 Å². The Balaban J connectivity index is 2.69. The second-order valence-corrected chi connectivity index (χ2v) is 3.79. The molecule has 3 heteroatoms. The maximum Gasteiger partial charge on any atom is 0.165 e. The molecule has 1 nitrogen and oxygen atoms in total. The summed E-state index contributed by atoms with van der Waals surface area (Å²) in [5.41, 5.74) is 1.26. The Hall–Kier alpha value is -0.890. The fraction of sp³-hybridized carbons (Fsp3) is 0.300. The number of ketones is 1. The number of hydrogen-bond acceptors (Lipinski definition) is 1. The molecular weight excluding hydrogens is 191 g/mol. The van der Waals surface area contributed by atoms with Crippen LogP contribution in [0.5, 0.6) is 0 Å². The van der Waals surface area contributed by atoms with Crippen LogP contribution in [0.1, 0.15) is 35.2 Å². The van der Waals surface area contributed by atoms with Crippen molar-refractivity contribution in [1.29, 1.82) is 0 Å². The molecule has 0 radical (unpaired) electrons. The van der Waals surface area contributed by atoms with E-state index in [1.165, 1.54) is 12.1 Å². The number of carbonyl (C=O) groups is 1. The first-order chi connectivity index (χ1) is 6.09. The Morgan fingerprint density at radius 3 is 2.92 bits per heavy atom. The molecule has 1 unspecified atom stereocenters. The van der Waals surface area contributed by atoms with Crippen molar-refractivity contribution in [3.8, 4) is 0 Å². The highest BCUT2D eigenvalue weighted by Gasteiger charge is 2.28. The molecule has 13 heavy (non-hydrogen) atoms. The van der Waals surface area contributed by atoms with E-state index in [1.807, 2.05) is 6.92 Å². The molecule has 68 valence electrons. The predicted molar refractivity (Wildman–Crippen MR) is 48.8 cm³/mol. The first kappa shape index (κ1) is 8.70. The van der Waals surface area contributed by atoms with Gasteiger partial charge >= 0.3 is 0 Å². The number of fused-ring (bicyclic) bond motifs is 1. The van der Waals surface area contributed by atoms with Crippen molar-refractivity contribution in [3.05, 3.63) is 34.1 Å². The van der Waals surface area contributed by atoms with Gasteiger partial charge in [-0.15, -0.1) is 0 Å². The molecule has 1 aromatic rings. The van der Waals surface area contributed by atoms with Crippen LogP contribution >= 0.6 is 11.6 Å². The molecule has 0 saturated carbocycles. The number of carbonyl (C=O) groups excluding carboxylic acids is 1. The van der Waals surface area contributed by atoms with Crippen LogP contribution < -0.4 is 0 Å². The molecule has 1 aromatic carbocycles. The van der Waals surface area contributed by atoms with Gasteiger partial charge in [-0.1, -0.05) is 18.5 Å². The van der Waals surface area contributed by atoms with Gasteiger partial charge in [0.2, 0.25) is 0 Å². The molecule has 0 fully saturated rings. The van der Waals surface area contributed by atoms with Crippen LogP contribution in [-0.4, -0.2) is 5.78 Å². The molecule has 2 rings (SSSR count). The van der Waals surface area contributed by atoms with Crippen molar-refractivity contribution in [2.45, 2.75) is 19.3 Å². The summed E-state index contributed by atoms with van der Waals surface area (Å²) in [5, 5.41) is 0.240. The zero-order chi connectivity index (χ0) is 9.59. The average Bonchev–Trinajstić information content (AvgIpc) is 2.27. The number of Topliss-reactive ketones (excluding diaryl/α,β-unsaturated/α-hetero) is 1. The standard InChI is InChI=1S/C10H8ClFO/c1-5-2-9(13)10-7(5)3-6(12)4-8(10)11/h3-5H,2H2,1H3. The van der Waals surface area contributed by atoms with Crippen LogP contribution in [0.2, 0.25) is 5.02 Å². The zero-order valence-corrected chi connectivity index (χ0v) is 7.86. The SMILES string of the molecule is CC1CC(=O)c2c(Cl)cc(F)cc21. The highest BCUT2D eigenvalue weighted by Crippen LogP contribution is 2.37. The lowest BCUT2D eigenvalue weighted by Gasteiger charge is -2.03. The minimum atomic E-state index is -0.370. The van der Waals surface area contributed by atoms with E-state index in [0.29, 0.717) is 12.0 Å². The number of benzene rings is 1. The number of rotatable bonds is 0. The molecule has 1 atom stereocenters. The van der Waals surface area contributed by atoms with Gasteiger partial charge in [0.1, 0.15) is 5.82 Å². The van der Waals surface area contributed by atoms with Gasteiger partial charge in [0.05, 0.1) is 5.02 Å². The largest absolute Gasteiger partial charge is 0.294 e. The van der Waals surface area contributed by atoms with Gasteiger partial charge in [-0.3, -0.25) is 4.79 Å². The molecule has 0 heterocycles. The lowest BCUT2D eigenvalue weighted by Crippen LogP contribution is -1.93. The molecule has 1 aliphatic carbocycles. The van der Waals surface area contributed by atoms with Crippen LogP contribution in [0.4, 0.5) is 4.39 Å². The minimum Gasteiger partial charge on any atom is -0.294 e. The Morgan fingerprint density at radius 2 is 2.23 bits per heavy atom. The monoisotopic (exact) mass is 198 g/mol. The van der Waals surface area contributed by atoms with E-state index < -0.39 is 0 Å². The third kappa shape index (κ3) is 1.25. The fourth-order valence-electron chi connectivity index (χ4n) is 1.77. The van der Waals surface area contributed by atoms with Gasteiger partial charge < -0.3 is 0 Å². The summed E-state index contributed by atoms with van der Waals surface area (Å²) in [6, 6.07) is 2.59. The minimum absolute atomic E-state index is 0.0208. The van der Waals surface area contributed by atoms with Crippen molar-refractivity contribution >= 4 is 17.4 Å². The number of halogens is 2. The summed E-state index contributed by atoms with van der Waals surface area (Å²) in [6.45, 7) is 1.90. The van der Waals surface area contributed by atoms with Crippen molar-refractivity contribution in [1.82, 2.24) is 0 Å². The summed E-state index contributed by atoms with van der Waals surface area (Å²) < 4.78 is 12.9. The van der Waals surface area contributed by atoms with Crippen LogP contribution in [0, 0.1) is 5.82 Å². The van der Waals surface area contributed by atoms with Gasteiger partial charge in [-0.25, -0.2) is 4.39 Å². The Morgan fingerprint density at radius 1 is 1.54 bits per heavy atom. The number of hydrogen-bond donors (Lipinski definition) is 0. The first-order valence-electron chi connectivity index (χ1n) is 4.11. The van der Waals surface area contributed by atoms with Crippen molar-refractivity contribution in [2.75, 3.05) is 0 Å². The van der Waals surface area contributed by atoms with E-state index in [9.17, 15) is 9.18 Å². The van der Waals surface area contributed by atoms with E-state index in [4.69, 9.17) is 11.6 Å². The molecule has 0 aliphatic heterocycles. The Labute approximate surface area is 80.5 Å². The van der Waals surface area contributed by atoms with E-state index in [1.54, 1.807) is 0 Å². The molecule has 0 amide bonds. The molecule has 1 aliphatic rings. The van der Waals surface area contributed by atoms with Crippen molar-refractivity contribution in [2.24, 2.45) is 0 Å². The maximum atomic E-state index is 12.9.